The van der Waals surface area contributed by atoms with E-state index in [0.717, 1.165) is 68.2 Å². The molecule has 0 spiro atoms. The van der Waals surface area contributed by atoms with E-state index < -0.39 is 0 Å². The van der Waals surface area contributed by atoms with Crippen molar-refractivity contribution in [3.63, 3.8) is 0 Å². The van der Waals surface area contributed by atoms with Crippen LogP contribution >= 0.6 is 11.6 Å². The molecule has 2 aliphatic rings. The number of hydrogen-bond donors (Lipinski definition) is 0. The number of esters is 1. The van der Waals surface area contributed by atoms with Crippen molar-refractivity contribution >= 4 is 34.2 Å². The van der Waals surface area contributed by atoms with E-state index in [9.17, 15) is 4.79 Å². The molecule has 7 nitrogen and oxygen atoms in total. The highest BCUT2D eigenvalue weighted by Gasteiger charge is 2.24. The van der Waals surface area contributed by atoms with Gasteiger partial charge in [-0.25, -0.2) is 14.8 Å². The average molecular weight is 453 g/mol. The van der Waals surface area contributed by atoms with Crippen molar-refractivity contribution in [2.45, 2.75) is 32.0 Å². The first-order valence-corrected chi connectivity index (χ1v) is 11.2. The highest BCUT2D eigenvalue weighted by atomic mass is 35.5. The summed E-state index contributed by atoms with van der Waals surface area (Å²) in [5.41, 5.74) is 4.52. The van der Waals surface area contributed by atoms with Crippen LogP contribution in [0, 0.1) is 0 Å². The van der Waals surface area contributed by atoms with E-state index in [-0.39, 0.29) is 12.1 Å². The molecule has 0 aliphatic carbocycles. The van der Waals surface area contributed by atoms with E-state index in [1.807, 2.05) is 24.3 Å². The molecule has 1 saturated heterocycles. The van der Waals surface area contributed by atoms with Gasteiger partial charge in [0.2, 0.25) is 0 Å². The van der Waals surface area contributed by atoms with Crippen LogP contribution in [0.4, 0.5) is 0 Å². The van der Waals surface area contributed by atoms with E-state index in [1.165, 1.54) is 12.7 Å². The number of hydrogen-bond acceptors (Lipinski definition) is 6. The Kier molecular flexibility index (Phi) is 5.95. The number of carbonyl (C=O) groups is 1. The van der Waals surface area contributed by atoms with Crippen molar-refractivity contribution in [1.29, 1.82) is 0 Å². The van der Waals surface area contributed by atoms with E-state index in [2.05, 4.69) is 20.5 Å². The first kappa shape index (κ1) is 21.1. The van der Waals surface area contributed by atoms with Crippen molar-refractivity contribution in [2.75, 3.05) is 26.8 Å². The summed E-state index contributed by atoms with van der Waals surface area (Å²) in [5.74, 6) is 0.639. The fraction of sp³-hybridized carbons (Fsp3) is 0.375. The van der Waals surface area contributed by atoms with Crippen LogP contribution in [-0.4, -0.2) is 58.3 Å². The lowest BCUT2D eigenvalue weighted by atomic mass is 10.0. The highest BCUT2D eigenvalue weighted by molar-refractivity contribution is 6.29. The van der Waals surface area contributed by atoms with Gasteiger partial charge in [0.25, 0.3) is 0 Å². The molecule has 0 amide bonds. The first-order chi connectivity index (χ1) is 15.6. The van der Waals surface area contributed by atoms with Crippen LogP contribution in [0.1, 0.15) is 34.7 Å². The molecule has 5 rings (SSSR count). The van der Waals surface area contributed by atoms with Gasteiger partial charge in [-0.1, -0.05) is 23.7 Å². The molecule has 166 valence electrons. The lowest BCUT2D eigenvalue weighted by molar-refractivity contribution is -0.0591. The molecule has 0 N–H and O–H groups in total. The number of ether oxygens (including phenoxy) is 2. The van der Waals surface area contributed by atoms with Crippen molar-refractivity contribution in [3.8, 4) is 0 Å². The van der Waals surface area contributed by atoms with Gasteiger partial charge in [0.1, 0.15) is 11.0 Å². The molecular weight excluding hydrogens is 428 g/mol. The molecule has 0 saturated carbocycles. The molecule has 32 heavy (non-hydrogen) atoms. The molecule has 0 bridgehead atoms. The van der Waals surface area contributed by atoms with Crippen LogP contribution in [0.2, 0.25) is 5.15 Å². The molecular formula is C24H25ClN4O3. The largest absolute Gasteiger partial charge is 0.465 e. The topological polar surface area (TPSA) is 69.5 Å². The molecule has 0 unspecified atom stereocenters. The van der Waals surface area contributed by atoms with Crippen LogP contribution in [-0.2, 0) is 22.6 Å². The third-order valence-corrected chi connectivity index (χ3v) is 6.34. The number of methoxy groups -OCH3 is 1. The lowest BCUT2D eigenvalue weighted by Gasteiger charge is -2.29. The van der Waals surface area contributed by atoms with Crippen LogP contribution in [0.25, 0.3) is 16.6 Å². The number of fused-ring (bicyclic) bond motifs is 1. The van der Waals surface area contributed by atoms with Gasteiger partial charge in [0, 0.05) is 19.7 Å². The smallest absolute Gasteiger partial charge is 0.337 e. The Hall–Kier alpha value is -2.74. The fourth-order valence-corrected chi connectivity index (χ4v) is 4.41. The Morgan fingerprint density at radius 1 is 1.28 bits per heavy atom. The van der Waals surface area contributed by atoms with Crippen LogP contribution in [0.3, 0.4) is 0 Å². The van der Waals surface area contributed by atoms with E-state index in [4.69, 9.17) is 26.1 Å². The SMILES string of the molecule is COC(=O)c1ccc2nc(CN3CC=C(c4cccc(Cl)n4)CC3)n(C[C@@H]3CCO3)c2c1. The maximum atomic E-state index is 12.0. The first-order valence-electron chi connectivity index (χ1n) is 10.8. The summed E-state index contributed by atoms with van der Waals surface area (Å²) in [4.78, 5) is 23.7. The minimum absolute atomic E-state index is 0.190. The standard InChI is InChI=1S/C24H25ClN4O3/c1-31-24(30)17-5-6-20-21(13-17)29(14-18-9-12-32-18)23(27-20)15-28-10-7-16(8-11-28)19-3-2-4-22(25)26-19/h2-7,13,18H,8-12,14-15H2,1H3/t18-/m0/s1. The zero-order valence-corrected chi connectivity index (χ0v) is 18.7. The number of nitrogens with zero attached hydrogens (tertiary/aromatic N) is 4. The Bertz CT molecular complexity index is 1190. The second kappa shape index (κ2) is 9.02. The van der Waals surface area contributed by atoms with E-state index in [0.29, 0.717) is 10.7 Å². The van der Waals surface area contributed by atoms with Gasteiger partial charge < -0.3 is 14.0 Å². The number of pyridine rings is 1. The van der Waals surface area contributed by atoms with Gasteiger partial charge in [-0.05, 0) is 48.7 Å². The van der Waals surface area contributed by atoms with Crippen molar-refractivity contribution in [2.24, 2.45) is 0 Å². The lowest BCUT2D eigenvalue weighted by Crippen LogP contribution is -2.33. The maximum Gasteiger partial charge on any atom is 0.337 e. The minimum atomic E-state index is -0.343. The van der Waals surface area contributed by atoms with Crippen molar-refractivity contribution in [1.82, 2.24) is 19.4 Å². The summed E-state index contributed by atoms with van der Waals surface area (Å²) in [6.45, 7) is 3.99. The summed E-state index contributed by atoms with van der Waals surface area (Å²) in [6.07, 6.45) is 4.36. The van der Waals surface area contributed by atoms with Gasteiger partial charge >= 0.3 is 5.97 Å². The third-order valence-electron chi connectivity index (χ3n) is 6.13. The summed E-state index contributed by atoms with van der Waals surface area (Å²) in [5, 5.41) is 0.518. The summed E-state index contributed by atoms with van der Waals surface area (Å²) in [6, 6.07) is 11.3. The van der Waals surface area contributed by atoms with Gasteiger partial charge in [0.15, 0.2) is 0 Å². The molecule has 2 aliphatic heterocycles. The van der Waals surface area contributed by atoms with Gasteiger partial charge in [0.05, 0.1) is 48.6 Å². The second-order valence-corrected chi connectivity index (χ2v) is 8.56. The van der Waals surface area contributed by atoms with E-state index >= 15 is 0 Å². The number of aromatic nitrogens is 3. The summed E-state index contributed by atoms with van der Waals surface area (Å²) < 4.78 is 12.8. The van der Waals surface area contributed by atoms with Gasteiger partial charge in [-0.3, -0.25) is 4.90 Å². The Morgan fingerprint density at radius 2 is 2.16 bits per heavy atom. The van der Waals surface area contributed by atoms with Crippen LogP contribution in [0.5, 0.6) is 0 Å². The summed E-state index contributed by atoms with van der Waals surface area (Å²) >= 11 is 6.06. The van der Waals surface area contributed by atoms with Crippen molar-refractivity contribution in [3.05, 3.63) is 64.7 Å². The van der Waals surface area contributed by atoms with Crippen LogP contribution in [0.15, 0.2) is 42.5 Å². The monoisotopic (exact) mass is 452 g/mol. The number of carbonyl (C=O) groups excluding carboxylic acids is 1. The second-order valence-electron chi connectivity index (χ2n) is 8.18. The van der Waals surface area contributed by atoms with Crippen LogP contribution < -0.4 is 0 Å². The average Bonchev–Trinajstić information content (AvgIpc) is 3.12. The molecule has 2 aromatic heterocycles. The summed E-state index contributed by atoms with van der Waals surface area (Å²) in [7, 11) is 1.40. The Morgan fingerprint density at radius 3 is 2.84 bits per heavy atom. The molecule has 3 aromatic rings. The normalized spacial score (nSPS) is 18.9. The number of rotatable bonds is 6. The molecule has 8 heteroatoms. The molecule has 1 aromatic carbocycles. The minimum Gasteiger partial charge on any atom is -0.465 e. The predicted octanol–water partition coefficient (Wildman–Crippen LogP) is 3.95. The van der Waals surface area contributed by atoms with E-state index in [1.54, 1.807) is 12.1 Å². The highest BCUT2D eigenvalue weighted by Crippen LogP contribution is 2.26. The number of benzene rings is 1. The van der Waals surface area contributed by atoms with Gasteiger partial charge in [-0.15, -0.1) is 0 Å². The van der Waals surface area contributed by atoms with Crippen molar-refractivity contribution < 1.29 is 14.3 Å². The maximum absolute atomic E-state index is 12.0. The molecule has 1 atom stereocenters. The number of halogens is 1. The Labute approximate surface area is 191 Å². The predicted molar refractivity (Wildman–Crippen MR) is 123 cm³/mol. The molecule has 0 radical (unpaired) electrons. The third kappa shape index (κ3) is 4.28. The van der Waals surface area contributed by atoms with Gasteiger partial charge in [-0.2, -0.15) is 0 Å². The zero-order valence-electron chi connectivity index (χ0n) is 18.0. The number of imidazole rings is 1. The molecule has 1 fully saturated rings. The Balaban J connectivity index is 1.39. The fourth-order valence-electron chi connectivity index (χ4n) is 4.25. The molecule has 4 heterocycles. The zero-order chi connectivity index (χ0) is 22.1. The quantitative estimate of drug-likeness (QED) is 0.416.